The van der Waals surface area contributed by atoms with E-state index < -0.39 is 47.8 Å². The van der Waals surface area contributed by atoms with Gasteiger partial charge in [0.15, 0.2) is 0 Å². The van der Waals surface area contributed by atoms with E-state index in [1.54, 1.807) is 28.0 Å². The summed E-state index contributed by atoms with van der Waals surface area (Å²) in [7, 11) is 1.32. The highest BCUT2D eigenvalue weighted by atomic mass is 35.5. The first-order valence-corrected chi connectivity index (χ1v) is 14.7. The fraction of sp³-hybridized carbons (Fsp3) is 0.500. The Morgan fingerprint density at radius 1 is 0.841 bits per heavy atom. The number of nitrogens with zero attached hydrogens (tertiary/aromatic N) is 3. The average molecular weight is 666 g/mol. The number of amides is 3. The van der Waals surface area contributed by atoms with Crippen molar-refractivity contribution in [3.63, 3.8) is 0 Å². The molecule has 0 aliphatic carbocycles. The summed E-state index contributed by atoms with van der Waals surface area (Å²) in [5.74, 6) is -2.25. The molecule has 0 radical (unpaired) electrons. The van der Waals surface area contributed by atoms with Crippen LogP contribution in [-0.4, -0.2) is 65.6 Å². The summed E-state index contributed by atoms with van der Waals surface area (Å²) in [5, 5.41) is 0.508. The monoisotopic (exact) mass is 665 g/mol. The largest absolute Gasteiger partial charge is 0.416 e. The number of hydrogen-bond acceptors (Lipinski definition) is 3. The van der Waals surface area contributed by atoms with Crippen LogP contribution in [0.1, 0.15) is 54.4 Å². The number of hydrogen-bond donors (Lipinski definition) is 0. The summed E-state index contributed by atoms with van der Waals surface area (Å²) in [6, 6.07) is 6.09. The van der Waals surface area contributed by atoms with Crippen LogP contribution in [0, 0.1) is 11.8 Å². The minimum Gasteiger partial charge on any atom is -0.343 e. The van der Waals surface area contributed by atoms with Gasteiger partial charge in [-0.25, -0.2) is 0 Å². The Hall–Kier alpha value is -2.99. The lowest BCUT2D eigenvalue weighted by Crippen LogP contribution is -2.50. The number of alkyl halides is 6. The first-order valence-electron chi connectivity index (χ1n) is 14.0. The first kappa shape index (κ1) is 33.9. The van der Waals surface area contributed by atoms with E-state index in [9.17, 15) is 40.7 Å². The molecule has 2 aliphatic heterocycles. The van der Waals surface area contributed by atoms with Crippen molar-refractivity contribution in [2.75, 3.05) is 33.2 Å². The van der Waals surface area contributed by atoms with E-state index in [4.69, 9.17) is 23.2 Å². The number of carbonyl (C=O) groups is 3. The molecule has 44 heavy (non-hydrogen) atoms. The van der Waals surface area contributed by atoms with Crippen molar-refractivity contribution in [1.82, 2.24) is 14.7 Å². The highest BCUT2D eigenvalue weighted by Gasteiger charge is 2.41. The maximum absolute atomic E-state index is 13.8. The molecule has 0 aromatic heterocycles. The normalized spacial score (nSPS) is 20.0. The van der Waals surface area contributed by atoms with Gasteiger partial charge in [0.2, 0.25) is 17.7 Å². The number of likely N-dealkylation sites (tertiary alicyclic amines) is 2. The molecule has 240 valence electrons. The van der Waals surface area contributed by atoms with Gasteiger partial charge in [-0.3, -0.25) is 14.4 Å². The number of piperidine rings is 2. The Kier molecular flexibility index (Phi) is 10.1. The highest BCUT2D eigenvalue weighted by molar-refractivity contribution is 6.42. The van der Waals surface area contributed by atoms with Crippen LogP contribution >= 0.6 is 23.2 Å². The minimum atomic E-state index is -5.01. The Labute approximate surface area is 260 Å². The van der Waals surface area contributed by atoms with Gasteiger partial charge in [-0.05, 0) is 60.7 Å². The molecule has 2 aliphatic rings. The second kappa shape index (κ2) is 13.2. The maximum Gasteiger partial charge on any atom is 0.416 e. The Morgan fingerprint density at radius 3 is 1.93 bits per heavy atom. The zero-order valence-corrected chi connectivity index (χ0v) is 25.5. The molecule has 0 spiro atoms. The number of rotatable bonds is 5. The predicted molar refractivity (Wildman–Crippen MR) is 152 cm³/mol. The van der Waals surface area contributed by atoms with Crippen LogP contribution in [0.5, 0.6) is 0 Å². The van der Waals surface area contributed by atoms with E-state index in [1.165, 1.54) is 14.0 Å². The van der Waals surface area contributed by atoms with Crippen LogP contribution in [0.2, 0.25) is 10.0 Å². The molecule has 2 fully saturated rings. The van der Waals surface area contributed by atoms with Crippen LogP contribution in [-0.2, 0) is 33.3 Å². The van der Waals surface area contributed by atoms with Crippen molar-refractivity contribution in [3.05, 3.63) is 68.7 Å². The summed E-state index contributed by atoms with van der Waals surface area (Å²) in [6.07, 6.45) is -8.80. The van der Waals surface area contributed by atoms with Crippen LogP contribution < -0.4 is 0 Å². The summed E-state index contributed by atoms with van der Waals surface area (Å²) in [5.41, 5.74) is -2.62. The summed E-state index contributed by atoms with van der Waals surface area (Å²) < 4.78 is 80.4. The van der Waals surface area contributed by atoms with E-state index in [0.717, 1.165) is 4.90 Å². The second-order valence-corrected chi connectivity index (χ2v) is 12.2. The van der Waals surface area contributed by atoms with Crippen molar-refractivity contribution in [2.45, 2.75) is 51.0 Å². The van der Waals surface area contributed by atoms with Gasteiger partial charge in [0.1, 0.15) is 0 Å². The van der Waals surface area contributed by atoms with Gasteiger partial charge < -0.3 is 14.7 Å². The Bertz CT molecular complexity index is 1380. The van der Waals surface area contributed by atoms with Crippen LogP contribution in [0.3, 0.4) is 0 Å². The van der Waals surface area contributed by atoms with Gasteiger partial charge in [0, 0.05) is 64.4 Å². The lowest BCUT2D eigenvalue weighted by molar-refractivity contribution is -0.145. The smallest absolute Gasteiger partial charge is 0.343 e. The topological polar surface area (TPSA) is 60.9 Å². The van der Waals surface area contributed by atoms with Crippen LogP contribution in [0.15, 0.2) is 36.4 Å². The molecule has 14 heteroatoms. The number of halogens is 8. The molecule has 2 atom stereocenters. The molecule has 2 aromatic rings. The molecule has 0 saturated carbocycles. The predicted octanol–water partition coefficient (Wildman–Crippen LogP) is 6.88. The van der Waals surface area contributed by atoms with Crippen molar-refractivity contribution >= 4 is 40.9 Å². The zero-order valence-electron chi connectivity index (χ0n) is 23.9. The zero-order chi connectivity index (χ0) is 32.6. The van der Waals surface area contributed by atoms with Crippen molar-refractivity contribution in [1.29, 1.82) is 0 Å². The average Bonchev–Trinajstić information content (AvgIpc) is 2.96. The van der Waals surface area contributed by atoms with E-state index in [-0.39, 0.29) is 58.9 Å². The molecule has 2 aromatic carbocycles. The Balaban J connectivity index is 1.57. The molecule has 6 nitrogen and oxygen atoms in total. The quantitative estimate of drug-likeness (QED) is 0.327. The van der Waals surface area contributed by atoms with E-state index in [0.29, 0.717) is 43.6 Å². The third-order valence-electron chi connectivity index (χ3n) is 8.35. The highest BCUT2D eigenvalue weighted by Crippen LogP contribution is 2.39. The molecular weight excluding hydrogens is 635 g/mol. The lowest BCUT2D eigenvalue weighted by Gasteiger charge is -2.41. The summed E-state index contributed by atoms with van der Waals surface area (Å²) in [4.78, 5) is 43.4. The lowest BCUT2D eigenvalue weighted by atomic mass is 9.79. The summed E-state index contributed by atoms with van der Waals surface area (Å²) in [6.45, 7) is 2.30. The van der Waals surface area contributed by atoms with Crippen molar-refractivity contribution in [3.8, 4) is 0 Å². The third kappa shape index (κ3) is 7.80. The van der Waals surface area contributed by atoms with Gasteiger partial charge in [-0.2, -0.15) is 26.3 Å². The van der Waals surface area contributed by atoms with Crippen molar-refractivity contribution < 1.29 is 40.7 Å². The first-order chi connectivity index (χ1) is 20.5. The number of benzene rings is 2. The molecule has 0 bridgehead atoms. The molecule has 3 amide bonds. The van der Waals surface area contributed by atoms with Gasteiger partial charge in [-0.15, -0.1) is 0 Å². The van der Waals surface area contributed by atoms with Gasteiger partial charge in [-0.1, -0.05) is 29.3 Å². The third-order valence-corrected chi connectivity index (χ3v) is 9.09. The van der Waals surface area contributed by atoms with Crippen molar-refractivity contribution in [2.24, 2.45) is 11.8 Å². The molecule has 4 rings (SSSR count). The molecule has 0 N–H and O–H groups in total. The fourth-order valence-corrected chi connectivity index (χ4v) is 6.28. The molecular formula is C30H31Cl2F6N3O3. The number of carbonyl (C=O) groups excluding carboxylic acids is 3. The van der Waals surface area contributed by atoms with Gasteiger partial charge in [0.25, 0.3) is 0 Å². The van der Waals surface area contributed by atoms with E-state index in [1.807, 2.05) is 0 Å². The molecule has 2 saturated heterocycles. The summed E-state index contributed by atoms with van der Waals surface area (Å²) >= 11 is 12.4. The standard InChI is InChI=1S/C30H31Cl2F6N3O3/c1-17(42)40-8-5-19(6-9-40)27(43)41-10-7-23(24(16-41)20-3-4-25(31)26(32)13-20)28(44)39(2)15-18-11-21(29(33,34)35)14-22(12-18)30(36,37)38/h3-4,11-14,19,23-24H,5-10,15-16H2,1-2H3/t23-,24+/m1/s1. The van der Waals surface area contributed by atoms with Gasteiger partial charge >= 0.3 is 12.4 Å². The fourth-order valence-electron chi connectivity index (χ4n) is 5.97. The second-order valence-electron chi connectivity index (χ2n) is 11.3. The van der Waals surface area contributed by atoms with Crippen LogP contribution in [0.4, 0.5) is 26.3 Å². The molecule has 0 unspecified atom stereocenters. The molecule has 2 heterocycles. The Morgan fingerprint density at radius 2 is 1.41 bits per heavy atom. The maximum atomic E-state index is 13.8. The van der Waals surface area contributed by atoms with Gasteiger partial charge in [0.05, 0.1) is 21.2 Å². The van der Waals surface area contributed by atoms with E-state index in [2.05, 4.69) is 0 Å². The van der Waals surface area contributed by atoms with E-state index >= 15 is 0 Å². The SMILES string of the molecule is CC(=O)N1CCC(C(=O)N2CC[C@@H](C(=O)N(C)Cc3cc(C(F)(F)F)cc(C(F)(F)F)c3)[C@H](c3ccc(Cl)c(Cl)c3)C2)CC1. The minimum absolute atomic E-state index is 0.0440. The van der Waals surface area contributed by atoms with Crippen LogP contribution in [0.25, 0.3) is 0 Å².